The molecular formula is C19H18ClIN4O2S. The van der Waals surface area contributed by atoms with Gasteiger partial charge < -0.3 is 14.6 Å². The van der Waals surface area contributed by atoms with Crippen LogP contribution in [0.2, 0.25) is 5.02 Å². The van der Waals surface area contributed by atoms with E-state index in [1.807, 2.05) is 35.8 Å². The van der Waals surface area contributed by atoms with Gasteiger partial charge in [0, 0.05) is 20.8 Å². The van der Waals surface area contributed by atoms with Gasteiger partial charge in [-0.3, -0.25) is 4.79 Å². The van der Waals surface area contributed by atoms with Gasteiger partial charge in [-0.1, -0.05) is 23.4 Å². The Labute approximate surface area is 186 Å². The summed E-state index contributed by atoms with van der Waals surface area (Å²) in [4.78, 5) is 12.3. The van der Waals surface area contributed by atoms with Gasteiger partial charge in [0.05, 0.1) is 18.4 Å². The number of methoxy groups -OCH3 is 1. The summed E-state index contributed by atoms with van der Waals surface area (Å²) in [6, 6.07) is 13.0. The van der Waals surface area contributed by atoms with Crippen molar-refractivity contribution in [2.45, 2.75) is 18.6 Å². The van der Waals surface area contributed by atoms with Gasteiger partial charge in [0.25, 0.3) is 0 Å². The molecule has 2 aromatic carbocycles. The minimum absolute atomic E-state index is 0.0984. The Morgan fingerprint density at radius 2 is 2.00 bits per heavy atom. The van der Waals surface area contributed by atoms with E-state index in [4.69, 9.17) is 16.3 Å². The van der Waals surface area contributed by atoms with Crippen molar-refractivity contribution < 1.29 is 9.53 Å². The summed E-state index contributed by atoms with van der Waals surface area (Å²) >= 11 is 9.71. The van der Waals surface area contributed by atoms with Crippen molar-refractivity contribution >= 4 is 57.5 Å². The highest BCUT2D eigenvalue weighted by Crippen LogP contribution is 2.33. The number of hydrogen-bond acceptors (Lipinski definition) is 5. The van der Waals surface area contributed by atoms with Crippen LogP contribution in [-0.4, -0.2) is 33.5 Å². The third kappa shape index (κ3) is 4.98. The molecule has 146 valence electrons. The molecule has 1 amide bonds. The monoisotopic (exact) mass is 528 g/mol. The topological polar surface area (TPSA) is 69.0 Å². The van der Waals surface area contributed by atoms with E-state index in [0.717, 1.165) is 14.8 Å². The molecule has 0 unspecified atom stereocenters. The summed E-state index contributed by atoms with van der Waals surface area (Å²) in [7, 11) is 1.60. The van der Waals surface area contributed by atoms with Crippen LogP contribution in [-0.2, 0) is 11.3 Å². The molecule has 3 aromatic rings. The first-order valence-corrected chi connectivity index (χ1v) is 10.9. The molecule has 0 saturated carbocycles. The number of aromatic nitrogens is 3. The second-order valence-electron chi connectivity index (χ2n) is 5.74. The van der Waals surface area contributed by atoms with Crippen molar-refractivity contribution in [3.05, 3.63) is 51.1 Å². The van der Waals surface area contributed by atoms with Crippen molar-refractivity contribution in [3.63, 3.8) is 0 Å². The van der Waals surface area contributed by atoms with Crippen LogP contribution in [0.15, 0.2) is 47.6 Å². The number of nitrogens with one attached hydrogen (secondary N) is 1. The molecule has 0 radical (unpaired) electrons. The molecule has 28 heavy (non-hydrogen) atoms. The molecule has 0 aliphatic rings. The first kappa shape index (κ1) is 20.9. The van der Waals surface area contributed by atoms with Gasteiger partial charge in [-0.15, -0.1) is 10.2 Å². The molecule has 1 N–H and O–H groups in total. The number of thioether (sulfide) groups is 1. The van der Waals surface area contributed by atoms with Crippen LogP contribution >= 0.6 is 46.0 Å². The zero-order valence-electron chi connectivity index (χ0n) is 15.3. The molecule has 3 rings (SSSR count). The van der Waals surface area contributed by atoms with Crippen molar-refractivity contribution in [2.24, 2.45) is 0 Å². The zero-order chi connectivity index (χ0) is 20.1. The van der Waals surface area contributed by atoms with Gasteiger partial charge in [0.1, 0.15) is 5.75 Å². The van der Waals surface area contributed by atoms with Gasteiger partial charge in [0.2, 0.25) is 5.91 Å². The van der Waals surface area contributed by atoms with Crippen LogP contribution < -0.4 is 10.1 Å². The van der Waals surface area contributed by atoms with Crippen molar-refractivity contribution in [1.82, 2.24) is 14.8 Å². The van der Waals surface area contributed by atoms with Gasteiger partial charge in [-0.05, 0) is 72.0 Å². The first-order chi connectivity index (χ1) is 13.5. The normalized spacial score (nSPS) is 10.7. The number of amides is 1. The lowest BCUT2D eigenvalue weighted by Gasteiger charge is -2.11. The fourth-order valence-electron chi connectivity index (χ4n) is 2.60. The predicted molar refractivity (Wildman–Crippen MR) is 121 cm³/mol. The molecular weight excluding hydrogens is 511 g/mol. The molecule has 0 aliphatic carbocycles. The van der Waals surface area contributed by atoms with Crippen LogP contribution in [0.4, 0.5) is 5.69 Å². The van der Waals surface area contributed by atoms with Crippen molar-refractivity contribution in [2.75, 3.05) is 18.2 Å². The van der Waals surface area contributed by atoms with Gasteiger partial charge >= 0.3 is 0 Å². The molecule has 0 spiro atoms. The van der Waals surface area contributed by atoms with E-state index in [1.165, 1.54) is 11.8 Å². The summed E-state index contributed by atoms with van der Waals surface area (Å²) in [5.74, 6) is 1.46. The highest BCUT2D eigenvalue weighted by molar-refractivity contribution is 14.1. The highest BCUT2D eigenvalue weighted by atomic mass is 127. The predicted octanol–water partition coefficient (Wildman–Crippen LogP) is 4.96. The first-order valence-electron chi connectivity index (χ1n) is 8.47. The lowest BCUT2D eigenvalue weighted by atomic mass is 10.2. The Balaban J connectivity index is 1.74. The maximum absolute atomic E-state index is 12.3. The van der Waals surface area contributed by atoms with Gasteiger partial charge in [-0.2, -0.15) is 0 Å². The van der Waals surface area contributed by atoms with Gasteiger partial charge in [0.15, 0.2) is 11.0 Å². The Hall–Kier alpha value is -1.78. The second-order valence-corrected chi connectivity index (χ2v) is 8.36. The Kier molecular flexibility index (Phi) is 7.19. The molecule has 0 aliphatic heterocycles. The van der Waals surface area contributed by atoms with E-state index >= 15 is 0 Å². The SMILES string of the molecule is CCn1c(SCC(=O)Nc2ccc(I)cc2)nnc1-c1cc(Cl)ccc1OC. The summed E-state index contributed by atoms with van der Waals surface area (Å²) in [6.07, 6.45) is 0. The maximum Gasteiger partial charge on any atom is 0.234 e. The smallest absolute Gasteiger partial charge is 0.234 e. The minimum atomic E-state index is -0.0984. The van der Waals surface area contributed by atoms with Crippen LogP contribution in [0.3, 0.4) is 0 Å². The lowest BCUT2D eigenvalue weighted by molar-refractivity contribution is -0.113. The number of hydrogen-bond donors (Lipinski definition) is 1. The average Bonchev–Trinajstić information content (AvgIpc) is 3.11. The third-order valence-electron chi connectivity index (χ3n) is 3.90. The number of nitrogens with zero attached hydrogens (tertiary/aromatic N) is 3. The van der Waals surface area contributed by atoms with E-state index in [2.05, 4.69) is 38.1 Å². The van der Waals surface area contributed by atoms with Crippen LogP contribution in [0.25, 0.3) is 11.4 Å². The molecule has 1 aromatic heterocycles. The Bertz CT molecular complexity index is 979. The van der Waals surface area contributed by atoms with E-state index in [1.54, 1.807) is 25.3 Å². The number of anilines is 1. The van der Waals surface area contributed by atoms with E-state index < -0.39 is 0 Å². The fourth-order valence-corrected chi connectivity index (χ4v) is 3.93. The van der Waals surface area contributed by atoms with Gasteiger partial charge in [-0.25, -0.2) is 0 Å². The number of carbonyl (C=O) groups excluding carboxylic acids is 1. The van der Waals surface area contributed by atoms with Crippen molar-refractivity contribution in [1.29, 1.82) is 0 Å². The number of carbonyl (C=O) groups is 1. The Morgan fingerprint density at radius 1 is 1.25 bits per heavy atom. The minimum Gasteiger partial charge on any atom is -0.496 e. The largest absolute Gasteiger partial charge is 0.496 e. The summed E-state index contributed by atoms with van der Waals surface area (Å²) in [5, 5.41) is 12.7. The highest BCUT2D eigenvalue weighted by Gasteiger charge is 2.18. The lowest BCUT2D eigenvalue weighted by Crippen LogP contribution is -2.14. The maximum atomic E-state index is 12.3. The van der Waals surface area contributed by atoms with E-state index in [9.17, 15) is 4.79 Å². The van der Waals surface area contributed by atoms with Crippen LogP contribution in [0.5, 0.6) is 5.75 Å². The molecule has 0 atom stereocenters. The van der Waals surface area contributed by atoms with Crippen LogP contribution in [0.1, 0.15) is 6.92 Å². The quantitative estimate of drug-likeness (QED) is 0.347. The van der Waals surface area contributed by atoms with E-state index in [0.29, 0.717) is 28.3 Å². The number of benzene rings is 2. The van der Waals surface area contributed by atoms with E-state index in [-0.39, 0.29) is 11.7 Å². The second kappa shape index (κ2) is 9.62. The zero-order valence-corrected chi connectivity index (χ0v) is 19.0. The molecule has 1 heterocycles. The summed E-state index contributed by atoms with van der Waals surface area (Å²) in [5.41, 5.74) is 1.53. The molecule has 9 heteroatoms. The molecule has 6 nitrogen and oxygen atoms in total. The standard InChI is InChI=1S/C19H18ClIN4O2S/c1-3-25-18(15-10-12(20)4-9-16(15)27-2)23-24-19(25)28-11-17(26)22-14-7-5-13(21)6-8-14/h4-10H,3,11H2,1-2H3,(H,22,26). The fraction of sp³-hybridized carbons (Fsp3) is 0.211. The Morgan fingerprint density at radius 3 is 2.68 bits per heavy atom. The summed E-state index contributed by atoms with van der Waals surface area (Å²) in [6.45, 7) is 2.65. The van der Waals surface area contributed by atoms with Crippen LogP contribution in [0, 0.1) is 3.57 Å². The molecule has 0 bridgehead atoms. The molecule has 0 fully saturated rings. The number of ether oxygens (including phenoxy) is 1. The number of rotatable bonds is 7. The van der Waals surface area contributed by atoms with Crippen molar-refractivity contribution in [3.8, 4) is 17.1 Å². The third-order valence-corrected chi connectivity index (χ3v) is 5.82. The summed E-state index contributed by atoms with van der Waals surface area (Å²) < 4.78 is 8.48. The average molecular weight is 529 g/mol. The molecule has 0 saturated heterocycles. The number of halogens is 2.